The number of nitrogens with zero attached hydrogens (tertiary/aromatic N) is 3. The normalized spacial score (nSPS) is 11.7. The molecule has 2 aromatic carbocycles. The van der Waals surface area contributed by atoms with Crippen molar-refractivity contribution in [3.63, 3.8) is 0 Å². The summed E-state index contributed by atoms with van der Waals surface area (Å²) in [5.41, 5.74) is -1.43. The first-order valence-electron chi connectivity index (χ1n) is 9.44. The van der Waals surface area contributed by atoms with Crippen molar-refractivity contribution in [3.8, 4) is 22.6 Å². The maximum atomic E-state index is 15.3. The van der Waals surface area contributed by atoms with Gasteiger partial charge in [0.1, 0.15) is 21.9 Å². The van der Waals surface area contributed by atoms with Gasteiger partial charge in [0.15, 0.2) is 17.5 Å². The SMILES string of the molecule is O=S(=O)(Nc1ccc(F)c(-c2ccc3c(-c4ncc[nH]4)n[nH]c3c2F)c1F)c1cccnc1. The molecule has 33 heavy (non-hydrogen) atoms. The summed E-state index contributed by atoms with van der Waals surface area (Å²) in [6.45, 7) is 0. The Morgan fingerprint density at radius 2 is 1.82 bits per heavy atom. The van der Waals surface area contributed by atoms with E-state index < -0.39 is 44.3 Å². The fourth-order valence-electron chi connectivity index (χ4n) is 3.41. The molecule has 0 bridgehead atoms. The molecule has 166 valence electrons. The molecule has 0 atom stereocenters. The predicted molar refractivity (Wildman–Crippen MR) is 114 cm³/mol. The van der Waals surface area contributed by atoms with E-state index in [4.69, 9.17) is 0 Å². The second kappa shape index (κ2) is 7.74. The van der Waals surface area contributed by atoms with Gasteiger partial charge in [-0.1, -0.05) is 6.07 Å². The van der Waals surface area contributed by atoms with Gasteiger partial charge in [-0.15, -0.1) is 0 Å². The van der Waals surface area contributed by atoms with E-state index >= 15 is 8.78 Å². The van der Waals surface area contributed by atoms with Crippen molar-refractivity contribution in [1.29, 1.82) is 0 Å². The molecule has 0 radical (unpaired) electrons. The Morgan fingerprint density at radius 1 is 0.970 bits per heavy atom. The molecular formula is C21H13F3N6O2S. The van der Waals surface area contributed by atoms with Gasteiger partial charge in [0.2, 0.25) is 0 Å². The van der Waals surface area contributed by atoms with Gasteiger partial charge in [0.25, 0.3) is 10.0 Å². The minimum Gasteiger partial charge on any atom is -0.343 e. The summed E-state index contributed by atoms with van der Waals surface area (Å²) in [5.74, 6) is -2.91. The average Bonchev–Trinajstić information content (AvgIpc) is 3.48. The van der Waals surface area contributed by atoms with Crippen LogP contribution in [0.1, 0.15) is 0 Å². The largest absolute Gasteiger partial charge is 0.343 e. The molecule has 0 aliphatic rings. The van der Waals surface area contributed by atoms with Gasteiger partial charge in [0, 0.05) is 35.7 Å². The molecule has 0 spiro atoms. The van der Waals surface area contributed by atoms with E-state index in [1.165, 1.54) is 36.7 Å². The second-order valence-electron chi connectivity index (χ2n) is 6.94. The number of anilines is 1. The second-order valence-corrected chi connectivity index (χ2v) is 8.62. The third-order valence-electron chi connectivity index (χ3n) is 4.95. The summed E-state index contributed by atoms with van der Waals surface area (Å²) in [5, 5.41) is 6.90. The molecule has 3 aromatic heterocycles. The number of nitrogens with one attached hydrogen (secondary N) is 3. The Hall–Kier alpha value is -4.19. The third kappa shape index (κ3) is 3.49. The van der Waals surface area contributed by atoms with Gasteiger partial charge in [-0.25, -0.2) is 26.6 Å². The van der Waals surface area contributed by atoms with Gasteiger partial charge < -0.3 is 4.98 Å². The number of imidazole rings is 1. The zero-order valence-corrected chi connectivity index (χ0v) is 17.3. The molecule has 12 heteroatoms. The van der Waals surface area contributed by atoms with Crippen LogP contribution in [0.5, 0.6) is 0 Å². The standard InChI is InChI=1S/C21H13F3N6O2S/c22-14-5-6-15(30-33(31,32)11-2-1-7-25-10-11)18(24)16(14)12-3-4-13-19(17(12)23)28-29-20(13)21-26-8-9-27-21/h1-10,30H,(H,26,27)(H,28,29). The monoisotopic (exact) mass is 470 g/mol. The zero-order chi connectivity index (χ0) is 23.2. The van der Waals surface area contributed by atoms with Gasteiger partial charge in [-0.2, -0.15) is 5.10 Å². The molecule has 0 fully saturated rings. The summed E-state index contributed by atoms with van der Waals surface area (Å²) < 4.78 is 72.4. The molecule has 3 N–H and O–H groups in total. The highest BCUT2D eigenvalue weighted by Gasteiger charge is 2.24. The first kappa shape index (κ1) is 20.7. The number of hydrogen-bond donors (Lipinski definition) is 3. The number of hydrogen-bond acceptors (Lipinski definition) is 5. The zero-order valence-electron chi connectivity index (χ0n) is 16.5. The molecular weight excluding hydrogens is 457 g/mol. The van der Waals surface area contributed by atoms with E-state index in [0.717, 1.165) is 18.3 Å². The maximum Gasteiger partial charge on any atom is 0.263 e. The average molecular weight is 470 g/mol. The molecule has 0 aliphatic heterocycles. The molecule has 0 saturated heterocycles. The van der Waals surface area contributed by atoms with Crippen LogP contribution in [0.2, 0.25) is 0 Å². The van der Waals surface area contributed by atoms with Crippen molar-refractivity contribution < 1.29 is 21.6 Å². The van der Waals surface area contributed by atoms with Crippen LogP contribution < -0.4 is 4.72 Å². The topological polar surface area (TPSA) is 116 Å². The van der Waals surface area contributed by atoms with E-state index in [0.29, 0.717) is 16.9 Å². The van der Waals surface area contributed by atoms with Crippen LogP contribution in [0.25, 0.3) is 33.5 Å². The summed E-state index contributed by atoms with van der Waals surface area (Å²) in [7, 11) is -4.21. The smallest absolute Gasteiger partial charge is 0.263 e. The van der Waals surface area contributed by atoms with E-state index in [1.54, 1.807) is 6.20 Å². The first-order valence-corrected chi connectivity index (χ1v) is 10.9. The molecule has 5 rings (SSSR count). The molecule has 0 amide bonds. The number of rotatable bonds is 5. The number of halogens is 3. The number of aromatic amines is 2. The van der Waals surface area contributed by atoms with Crippen LogP contribution in [-0.4, -0.2) is 33.6 Å². The maximum absolute atomic E-state index is 15.3. The quantitative estimate of drug-likeness (QED) is 0.355. The minimum atomic E-state index is -4.21. The third-order valence-corrected chi connectivity index (χ3v) is 6.30. The number of aromatic nitrogens is 5. The molecule has 0 aliphatic carbocycles. The molecule has 8 nitrogen and oxygen atoms in total. The Bertz CT molecular complexity index is 1590. The van der Waals surface area contributed by atoms with E-state index in [2.05, 4.69) is 29.9 Å². The van der Waals surface area contributed by atoms with Gasteiger partial charge in [-0.05, 0) is 30.3 Å². The Balaban J connectivity index is 1.61. The lowest BCUT2D eigenvalue weighted by Gasteiger charge is -2.13. The van der Waals surface area contributed by atoms with Gasteiger partial charge in [-0.3, -0.25) is 14.8 Å². The Kier molecular flexibility index (Phi) is 4.86. The van der Waals surface area contributed by atoms with Crippen LogP contribution in [-0.2, 0) is 10.0 Å². The van der Waals surface area contributed by atoms with Crippen LogP contribution in [0.15, 0.2) is 66.1 Å². The molecule has 0 unspecified atom stereocenters. The number of H-pyrrole nitrogens is 2. The molecule has 3 heterocycles. The molecule has 0 saturated carbocycles. The predicted octanol–water partition coefficient (Wildman–Crippen LogP) is 4.23. The lowest BCUT2D eigenvalue weighted by atomic mass is 10.0. The van der Waals surface area contributed by atoms with Crippen molar-refractivity contribution in [3.05, 3.63) is 78.6 Å². The summed E-state index contributed by atoms with van der Waals surface area (Å²) >= 11 is 0. The van der Waals surface area contributed by atoms with E-state index in [-0.39, 0.29) is 10.4 Å². The van der Waals surface area contributed by atoms with Crippen molar-refractivity contribution in [1.82, 2.24) is 25.1 Å². The van der Waals surface area contributed by atoms with Crippen LogP contribution in [0, 0.1) is 17.5 Å². The lowest BCUT2D eigenvalue weighted by molar-refractivity contribution is 0.583. The van der Waals surface area contributed by atoms with Gasteiger partial charge >= 0.3 is 0 Å². The van der Waals surface area contributed by atoms with Crippen LogP contribution >= 0.6 is 0 Å². The van der Waals surface area contributed by atoms with Crippen molar-refractivity contribution in [2.24, 2.45) is 0 Å². The fourth-order valence-corrected chi connectivity index (χ4v) is 4.43. The lowest BCUT2D eigenvalue weighted by Crippen LogP contribution is -2.14. The summed E-state index contributed by atoms with van der Waals surface area (Å²) in [4.78, 5) is 10.4. The number of sulfonamides is 1. The first-order chi connectivity index (χ1) is 15.9. The van der Waals surface area contributed by atoms with Crippen molar-refractivity contribution >= 4 is 26.6 Å². The Morgan fingerprint density at radius 3 is 2.55 bits per heavy atom. The highest BCUT2D eigenvalue weighted by Crippen LogP contribution is 2.36. The number of benzene rings is 2. The van der Waals surface area contributed by atoms with Crippen LogP contribution in [0.4, 0.5) is 18.9 Å². The highest BCUT2D eigenvalue weighted by molar-refractivity contribution is 7.92. The van der Waals surface area contributed by atoms with E-state index in [9.17, 15) is 12.8 Å². The number of fused-ring (bicyclic) bond motifs is 1. The number of pyridine rings is 1. The highest BCUT2D eigenvalue weighted by atomic mass is 32.2. The van der Waals surface area contributed by atoms with Crippen LogP contribution in [0.3, 0.4) is 0 Å². The van der Waals surface area contributed by atoms with Crippen molar-refractivity contribution in [2.45, 2.75) is 4.90 Å². The summed E-state index contributed by atoms with van der Waals surface area (Å²) in [6.07, 6.45) is 5.53. The minimum absolute atomic E-state index is 0.0842. The van der Waals surface area contributed by atoms with E-state index in [1.807, 2.05) is 0 Å². The summed E-state index contributed by atoms with van der Waals surface area (Å²) in [6, 6.07) is 7.07. The van der Waals surface area contributed by atoms with Crippen molar-refractivity contribution in [2.75, 3.05) is 4.72 Å². The Labute approximate surface area is 184 Å². The fraction of sp³-hybridized carbons (Fsp3) is 0. The molecule has 5 aromatic rings. The van der Waals surface area contributed by atoms with Gasteiger partial charge in [0.05, 0.1) is 11.3 Å².